The van der Waals surface area contributed by atoms with Crippen LogP contribution in [0.15, 0.2) is 0 Å². The van der Waals surface area contributed by atoms with Gasteiger partial charge in [0.05, 0.1) is 12.2 Å². The molecule has 0 bridgehead atoms. The van der Waals surface area contributed by atoms with Crippen molar-refractivity contribution in [2.45, 2.75) is 69.9 Å². The van der Waals surface area contributed by atoms with Crippen molar-refractivity contribution in [3.8, 4) is 0 Å². The van der Waals surface area contributed by atoms with E-state index in [1.807, 2.05) is 6.92 Å². The summed E-state index contributed by atoms with van der Waals surface area (Å²) in [6.45, 7) is 8.24. The Labute approximate surface area is 115 Å². The lowest BCUT2D eigenvalue weighted by Gasteiger charge is -2.41. The zero-order valence-corrected chi connectivity index (χ0v) is 13.0. The van der Waals surface area contributed by atoms with Crippen LogP contribution in [-0.2, 0) is 9.47 Å². The predicted octanol–water partition coefficient (Wildman–Crippen LogP) is 4.16. The molecule has 17 heavy (non-hydrogen) atoms. The molecule has 2 nitrogen and oxygen atoms in total. The van der Waals surface area contributed by atoms with Gasteiger partial charge in [0.25, 0.3) is 0 Å². The summed E-state index contributed by atoms with van der Waals surface area (Å²) in [5, 5.41) is 0. The minimum atomic E-state index is 0.267. The first-order valence-electron chi connectivity index (χ1n) is 7.10. The molecule has 1 aliphatic rings. The van der Waals surface area contributed by atoms with Crippen LogP contribution in [0.3, 0.4) is 0 Å². The fraction of sp³-hybridized carbons (Fsp3) is 1.00. The molecule has 0 radical (unpaired) electrons. The van der Waals surface area contributed by atoms with Gasteiger partial charge in [-0.2, -0.15) is 0 Å². The lowest BCUT2D eigenvalue weighted by Crippen LogP contribution is -2.51. The van der Waals surface area contributed by atoms with Gasteiger partial charge in [-0.25, -0.2) is 0 Å². The van der Waals surface area contributed by atoms with E-state index in [-0.39, 0.29) is 6.10 Å². The molecule has 1 saturated carbocycles. The largest absolute Gasteiger partial charge is 0.375 e. The van der Waals surface area contributed by atoms with Crippen molar-refractivity contribution in [3.63, 3.8) is 0 Å². The first kappa shape index (κ1) is 15.5. The van der Waals surface area contributed by atoms with Gasteiger partial charge >= 0.3 is 0 Å². The lowest BCUT2D eigenvalue weighted by atomic mass is 9.91. The second-order valence-corrected chi connectivity index (χ2v) is 6.14. The molecule has 1 aliphatic carbocycles. The molecule has 0 N–H and O–H groups in total. The number of hydrogen-bond donors (Lipinski definition) is 0. The second kappa shape index (κ2) is 8.49. The van der Waals surface area contributed by atoms with Gasteiger partial charge in [0, 0.05) is 18.0 Å². The molecule has 0 saturated heterocycles. The Balaban J connectivity index is 2.20. The van der Waals surface area contributed by atoms with E-state index in [1.54, 1.807) is 0 Å². The molecular weight excluding hydrogens is 280 g/mol. The average molecular weight is 307 g/mol. The Morgan fingerprint density at radius 3 is 2.53 bits per heavy atom. The standard InChI is InChI=1S/C14H27BrO2/c1-4-7-8-11(5-2)10-17-13-9-12(15)14(13)16-6-3/h11-14H,4-10H2,1-3H3. The summed E-state index contributed by atoms with van der Waals surface area (Å²) in [6.07, 6.45) is 6.81. The summed E-state index contributed by atoms with van der Waals surface area (Å²) >= 11 is 3.63. The van der Waals surface area contributed by atoms with Crippen LogP contribution < -0.4 is 0 Å². The number of unbranched alkanes of at least 4 members (excludes halogenated alkanes) is 1. The van der Waals surface area contributed by atoms with Crippen molar-refractivity contribution in [3.05, 3.63) is 0 Å². The van der Waals surface area contributed by atoms with Crippen molar-refractivity contribution in [1.29, 1.82) is 0 Å². The first-order valence-corrected chi connectivity index (χ1v) is 8.01. The van der Waals surface area contributed by atoms with Crippen molar-refractivity contribution < 1.29 is 9.47 Å². The Hall–Kier alpha value is 0.400. The van der Waals surface area contributed by atoms with Crippen LogP contribution in [0.2, 0.25) is 0 Å². The molecule has 0 aromatic carbocycles. The Morgan fingerprint density at radius 1 is 1.24 bits per heavy atom. The summed E-state index contributed by atoms with van der Waals surface area (Å²) in [5.74, 6) is 0.728. The topological polar surface area (TPSA) is 18.5 Å². The monoisotopic (exact) mass is 306 g/mol. The second-order valence-electron chi connectivity index (χ2n) is 4.96. The average Bonchev–Trinajstić information content (AvgIpc) is 2.34. The molecule has 1 rings (SSSR count). The van der Waals surface area contributed by atoms with Crippen LogP contribution >= 0.6 is 15.9 Å². The molecule has 4 atom stereocenters. The third kappa shape index (κ3) is 4.88. The SMILES string of the molecule is CCCCC(CC)COC1CC(Br)C1OCC. The van der Waals surface area contributed by atoms with E-state index in [1.165, 1.54) is 25.7 Å². The molecule has 4 unspecified atom stereocenters. The van der Waals surface area contributed by atoms with Gasteiger partial charge in [-0.1, -0.05) is 49.0 Å². The minimum Gasteiger partial charge on any atom is -0.375 e. The van der Waals surface area contributed by atoms with Gasteiger partial charge in [0.15, 0.2) is 0 Å². The maximum absolute atomic E-state index is 6.01. The van der Waals surface area contributed by atoms with Gasteiger partial charge in [-0.15, -0.1) is 0 Å². The number of ether oxygens (including phenoxy) is 2. The minimum absolute atomic E-state index is 0.267. The van der Waals surface area contributed by atoms with Crippen molar-refractivity contribution in [1.82, 2.24) is 0 Å². The molecule has 102 valence electrons. The zero-order valence-electron chi connectivity index (χ0n) is 11.5. The molecule has 0 aromatic heterocycles. The molecule has 0 heterocycles. The summed E-state index contributed by atoms with van der Waals surface area (Å²) in [7, 11) is 0. The smallest absolute Gasteiger partial charge is 0.0962 e. The van der Waals surface area contributed by atoms with Gasteiger partial charge in [-0.3, -0.25) is 0 Å². The maximum Gasteiger partial charge on any atom is 0.0962 e. The third-order valence-electron chi connectivity index (χ3n) is 3.63. The normalized spacial score (nSPS) is 30.0. The van der Waals surface area contributed by atoms with Gasteiger partial charge in [0.2, 0.25) is 0 Å². The van der Waals surface area contributed by atoms with E-state index in [4.69, 9.17) is 9.47 Å². The van der Waals surface area contributed by atoms with Crippen molar-refractivity contribution in [2.75, 3.05) is 13.2 Å². The van der Waals surface area contributed by atoms with Crippen LogP contribution in [0, 0.1) is 5.92 Å². The van der Waals surface area contributed by atoms with E-state index in [9.17, 15) is 0 Å². The van der Waals surface area contributed by atoms with Crippen molar-refractivity contribution in [2.24, 2.45) is 5.92 Å². The summed E-state index contributed by atoms with van der Waals surface area (Å²) in [6, 6.07) is 0. The summed E-state index contributed by atoms with van der Waals surface area (Å²) in [4.78, 5) is 0.489. The molecule has 0 amide bonds. The number of alkyl halides is 1. The molecule has 0 aromatic rings. The Morgan fingerprint density at radius 2 is 2.00 bits per heavy atom. The van der Waals surface area contributed by atoms with E-state index in [0.29, 0.717) is 10.9 Å². The molecular formula is C14H27BrO2. The van der Waals surface area contributed by atoms with Crippen LogP contribution in [0.5, 0.6) is 0 Å². The van der Waals surface area contributed by atoms with Gasteiger partial charge in [-0.05, 0) is 25.7 Å². The van der Waals surface area contributed by atoms with Crippen LogP contribution in [0.1, 0.15) is 52.9 Å². The van der Waals surface area contributed by atoms with Crippen LogP contribution in [0.4, 0.5) is 0 Å². The Bertz CT molecular complexity index is 199. The summed E-state index contributed by atoms with van der Waals surface area (Å²) < 4.78 is 11.7. The van der Waals surface area contributed by atoms with E-state index in [0.717, 1.165) is 25.6 Å². The highest BCUT2D eigenvalue weighted by molar-refractivity contribution is 9.09. The van der Waals surface area contributed by atoms with Crippen LogP contribution in [0.25, 0.3) is 0 Å². The number of halogens is 1. The first-order chi connectivity index (χ1) is 8.22. The van der Waals surface area contributed by atoms with Gasteiger partial charge < -0.3 is 9.47 Å². The van der Waals surface area contributed by atoms with E-state index >= 15 is 0 Å². The number of hydrogen-bond acceptors (Lipinski definition) is 2. The van der Waals surface area contributed by atoms with Crippen LogP contribution in [-0.4, -0.2) is 30.2 Å². The van der Waals surface area contributed by atoms with Gasteiger partial charge in [0.1, 0.15) is 0 Å². The molecule has 0 spiro atoms. The highest BCUT2D eigenvalue weighted by Crippen LogP contribution is 2.33. The van der Waals surface area contributed by atoms with E-state index in [2.05, 4.69) is 29.8 Å². The fourth-order valence-electron chi connectivity index (χ4n) is 2.25. The highest BCUT2D eigenvalue weighted by Gasteiger charge is 2.41. The summed E-state index contributed by atoms with van der Waals surface area (Å²) in [5.41, 5.74) is 0. The molecule has 1 fully saturated rings. The third-order valence-corrected chi connectivity index (χ3v) is 4.52. The predicted molar refractivity (Wildman–Crippen MR) is 75.8 cm³/mol. The molecule has 3 heteroatoms. The highest BCUT2D eigenvalue weighted by atomic mass is 79.9. The fourth-order valence-corrected chi connectivity index (χ4v) is 3.11. The maximum atomic E-state index is 6.01. The number of rotatable bonds is 9. The quantitative estimate of drug-likeness (QED) is 0.596. The van der Waals surface area contributed by atoms with E-state index < -0.39 is 0 Å². The Kier molecular flexibility index (Phi) is 7.72. The van der Waals surface area contributed by atoms with Crippen molar-refractivity contribution >= 4 is 15.9 Å². The zero-order chi connectivity index (χ0) is 12.7. The lowest BCUT2D eigenvalue weighted by molar-refractivity contribution is -0.125. The molecule has 0 aliphatic heterocycles.